The molecule has 0 radical (unpaired) electrons. The predicted molar refractivity (Wildman–Crippen MR) is 509 cm³/mol. The van der Waals surface area contributed by atoms with Gasteiger partial charge in [0.15, 0.2) is 0 Å². The molecule has 3 heteroatoms. The van der Waals surface area contributed by atoms with Gasteiger partial charge in [-0.3, -0.25) is 0 Å². The molecule has 11 aromatic carbocycles. The lowest BCUT2D eigenvalue weighted by atomic mass is 9.67. The van der Waals surface area contributed by atoms with Crippen LogP contribution < -0.4 is 14.4 Å². The molecule has 0 saturated heterocycles. The molecule has 0 amide bonds. The van der Waals surface area contributed by atoms with E-state index in [2.05, 4.69) is 318 Å². The van der Waals surface area contributed by atoms with Crippen molar-refractivity contribution >= 4 is 17.1 Å². The zero-order valence-electron chi connectivity index (χ0n) is 73.8. The van der Waals surface area contributed by atoms with Crippen molar-refractivity contribution in [1.29, 1.82) is 0 Å². The van der Waals surface area contributed by atoms with Gasteiger partial charge in [-0.25, -0.2) is 0 Å². The molecule has 1 atom stereocenters. The number of unbranched alkanes of at least 4 members (excludes halogenated alkanes) is 20. The molecule has 3 nitrogen and oxygen atoms in total. The Kier molecular flexibility index (Phi) is 30.2. The van der Waals surface area contributed by atoms with E-state index in [1.165, 1.54) is 303 Å². The summed E-state index contributed by atoms with van der Waals surface area (Å²) in [5, 5.41) is 0. The maximum atomic E-state index is 6.03. The summed E-state index contributed by atoms with van der Waals surface area (Å²) in [6.07, 6.45) is 41.6. The van der Waals surface area contributed by atoms with E-state index in [0.29, 0.717) is 19.1 Å². The van der Waals surface area contributed by atoms with Crippen LogP contribution in [0.1, 0.15) is 306 Å². The summed E-state index contributed by atoms with van der Waals surface area (Å²) in [6, 6.07) is 88.9. The minimum absolute atomic E-state index is 0.0152. The second kappa shape index (κ2) is 41.3. The maximum Gasteiger partial charge on any atom is 0.119 e. The van der Waals surface area contributed by atoms with Crippen LogP contribution in [0.5, 0.6) is 11.5 Å². The minimum Gasteiger partial charge on any atom is -0.490 e. The van der Waals surface area contributed by atoms with Gasteiger partial charge in [-0.1, -0.05) is 395 Å². The predicted octanol–water partition coefficient (Wildman–Crippen LogP) is 34.0. The molecule has 0 saturated carbocycles. The molecule has 0 spiro atoms. The van der Waals surface area contributed by atoms with E-state index < -0.39 is 5.41 Å². The van der Waals surface area contributed by atoms with Gasteiger partial charge in [0.25, 0.3) is 0 Å². The Balaban J connectivity index is 0.000000208. The van der Waals surface area contributed by atoms with Crippen molar-refractivity contribution in [3.8, 4) is 67.1 Å². The number of fused-ring (bicyclic) bond motifs is 9. The first-order valence-corrected chi connectivity index (χ1v) is 46.3. The lowest BCUT2D eigenvalue weighted by molar-refractivity contribution is 0.363. The average molecular weight is 1570 g/mol. The number of hydrogen-bond acceptors (Lipinski definition) is 3. The summed E-state index contributed by atoms with van der Waals surface area (Å²) in [5.41, 5.74) is 34.6. The Hall–Kier alpha value is -9.70. The van der Waals surface area contributed by atoms with E-state index in [-0.39, 0.29) is 10.8 Å². The molecule has 11 aromatic rings. The highest BCUT2D eigenvalue weighted by molar-refractivity contribution is 5.91. The highest BCUT2D eigenvalue weighted by Crippen LogP contribution is 2.60. The molecule has 0 fully saturated rings. The Bertz CT molecular complexity index is 4980. The van der Waals surface area contributed by atoms with Crippen LogP contribution in [0.25, 0.3) is 55.6 Å². The fourth-order valence-electron chi connectivity index (χ4n) is 20.2. The summed E-state index contributed by atoms with van der Waals surface area (Å²) in [5.74, 6) is 2.23. The molecular weight excluding hydrogens is 1430 g/mol. The summed E-state index contributed by atoms with van der Waals surface area (Å²) in [7, 11) is 0. The van der Waals surface area contributed by atoms with E-state index in [9.17, 15) is 0 Å². The molecule has 3 aliphatic rings. The topological polar surface area (TPSA) is 21.7 Å². The van der Waals surface area contributed by atoms with Crippen LogP contribution in [-0.4, -0.2) is 13.2 Å². The van der Waals surface area contributed by atoms with Gasteiger partial charge < -0.3 is 14.4 Å². The molecule has 3 aliphatic carbocycles. The molecule has 1 unspecified atom stereocenters. The largest absolute Gasteiger partial charge is 0.490 e. The standard InChI is InChI=1S/C62H70O2.C53H67N/c1-7-11-13-15-17-19-37-61(38-20-18-16-14-12-8-2)57-41-45(5)21-33-53(57)54-35-23-47(43-58(54)61)48-24-36-56-55-34-22-46(6)42-59(55)62(60(56)44-48,49-25-29-51(30-26-49)63-39-9-3)50-27-31-52(32-28-50)64-40-10-4;1-7-10-12-14-16-18-36-53(37-19-17-15-13-11-8-2)51-38-41(5)22-34-49(51)50-35-27-45(39-52(50)53)44-25-32-48(33-26-44)54(46-28-20-40(4)21-29-46)47-30-23-43(24-31-47)42(6)9-3/h9-10,21-36,41-44H,3-4,7-8,11-20,37-40H2,1-2,5-6H3;20-35,38-39,42H,7-19,36-37H2,1-6H3. The molecule has 0 aromatic heterocycles. The van der Waals surface area contributed by atoms with Crippen LogP contribution in [0.15, 0.2) is 256 Å². The summed E-state index contributed by atoms with van der Waals surface area (Å²) >= 11 is 0. The van der Waals surface area contributed by atoms with Crippen molar-refractivity contribution in [2.45, 2.75) is 278 Å². The van der Waals surface area contributed by atoms with E-state index >= 15 is 0 Å². The van der Waals surface area contributed by atoms with Crippen LogP contribution in [-0.2, 0) is 16.2 Å². The monoisotopic (exact) mass is 1560 g/mol. The zero-order chi connectivity index (χ0) is 82.4. The van der Waals surface area contributed by atoms with Crippen LogP contribution in [0, 0.1) is 27.7 Å². The van der Waals surface area contributed by atoms with E-state index in [1.807, 2.05) is 0 Å². The van der Waals surface area contributed by atoms with Gasteiger partial charge in [-0.15, -0.1) is 0 Å². The molecule has 0 N–H and O–H groups in total. The maximum absolute atomic E-state index is 6.03. The van der Waals surface area contributed by atoms with Gasteiger partial charge in [0.1, 0.15) is 24.7 Å². The molecule has 118 heavy (non-hydrogen) atoms. The van der Waals surface area contributed by atoms with E-state index in [1.54, 1.807) is 34.4 Å². The third-order valence-electron chi connectivity index (χ3n) is 26.9. The number of benzene rings is 11. The highest BCUT2D eigenvalue weighted by atomic mass is 16.5. The van der Waals surface area contributed by atoms with Crippen LogP contribution in [0.4, 0.5) is 17.1 Å². The zero-order valence-corrected chi connectivity index (χ0v) is 73.8. The molecule has 0 bridgehead atoms. The normalized spacial score (nSPS) is 13.6. The Labute approximate surface area is 712 Å². The van der Waals surface area contributed by atoms with Gasteiger partial charge >= 0.3 is 0 Å². The first kappa shape index (κ1) is 86.2. The van der Waals surface area contributed by atoms with Crippen molar-refractivity contribution < 1.29 is 9.47 Å². The van der Waals surface area contributed by atoms with Crippen LogP contribution in [0.2, 0.25) is 0 Å². The molecular formula is C115H137NO2. The fraction of sp³-hybridized carbons (Fsp3) is 0.391. The van der Waals surface area contributed by atoms with Gasteiger partial charge in [0.2, 0.25) is 0 Å². The Morgan fingerprint density at radius 1 is 0.297 bits per heavy atom. The SMILES string of the molecule is C=CCOc1ccc(C2(c3ccc(OCC=C)cc3)c3cc(C)ccc3-c3ccc(-c4ccc5c(c4)C(CCCCCCCC)(CCCCCCCC)c4cc(C)ccc4-5)cc32)cc1.CCCCCCCCC1(CCCCCCCC)c2cc(C)ccc2-c2ccc(-c3ccc(N(c4ccc(C)cc4)c4ccc(C(C)CC)cc4)cc3)cc21. The molecule has 0 heterocycles. The molecule has 14 rings (SSSR count). The molecule has 0 aliphatic heterocycles. The van der Waals surface area contributed by atoms with Gasteiger partial charge in [0.05, 0.1) is 5.41 Å². The van der Waals surface area contributed by atoms with Gasteiger partial charge in [-0.05, 0) is 250 Å². The van der Waals surface area contributed by atoms with Crippen molar-refractivity contribution in [1.82, 2.24) is 0 Å². The Morgan fingerprint density at radius 2 is 0.576 bits per heavy atom. The molecule has 614 valence electrons. The third-order valence-corrected chi connectivity index (χ3v) is 26.9. The van der Waals surface area contributed by atoms with Gasteiger partial charge in [0, 0.05) is 27.9 Å². The van der Waals surface area contributed by atoms with Crippen molar-refractivity contribution in [3.05, 3.63) is 328 Å². The number of nitrogens with zero attached hydrogens (tertiary/aromatic N) is 1. The number of ether oxygens (including phenoxy) is 2. The Morgan fingerprint density at radius 3 is 0.941 bits per heavy atom. The van der Waals surface area contributed by atoms with E-state index in [4.69, 9.17) is 9.47 Å². The van der Waals surface area contributed by atoms with Crippen LogP contribution in [0.3, 0.4) is 0 Å². The number of hydrogen-bond donors (Lipinski definition) is 0. The highest BCUT2D eigenvalue weighted by Gasteiger charge is 2.48. The summed E-state index contributed by atoms with van der Waals surface area (Å²) in [6.45, 7) is 31.5. The lowest BCUT2D eigenvalue weighted by Gasteiger charge is -2.34. The number of aryl methyl sites for hydroxylation is 4. The lowest BCUT2D eigenvalue weighted by Crippen LogP contribution is -2.28. The fourth-order valence-corrected chi connectivity index (χ4v) is 20.2. The quantitative estimate of drug-likeness (QED) is 0.0281. The number of anilines is 3. The van der Waals surface area contributed by atoms with Crippen molar-refractivity contribution in [2.24, 2.45) is 0 Å². The first-order chi connectivity index (χ1) is 57.7. The second-order valence-corrected chi connectivity index (χ2v) is 35.3. The van der Waals surface area contributed by atoms with E-state index in [0.717, 1.165) is 17.9 Å². The summed E-state index contributed by atoms with van der Waals surface area (Å²) in [4.78, 5) is 2.40. The second-order valence-electron chi connectivity index (χ2n) is 35.3. The number of rotatable bonds is 43. The first-order valence-electron chi connectivity index (χ1n) is 46.3. The van der Waals surface area contributed by atoms with Gasteiger partial charge in [-0.2, -0.15) is 0 Å². The third kappa shape index (κ3) is 19.1. The van der Waals surface area contributed by atoms with Crippen LogP contribution >= 0.6 is 0 Å². The summed E-state index contributed by atoms with van der Waals surface area (Å²) < 4.78 is 12.1. The van der Waals surface area contributed by atoms with Crippen molar-refractivity contribution in [3.63, 3.8) is 0 Å². The minimum atomic E-state index is -0.579. The smallest absolute Gasteiger partial charge is 0.119 e. The average Bonchev–Trinajstić information content (AvgIpc) is 1.53. The van der Waals surface area contributed by atoms with Crippen molar-refractivity contribution in [2.75, 3.05) is 18.1 Å².